The Balaban J connectivity index is 1.66. The molecule has 47 heavy (non-hydrogen) atoms. The number of fused-ring (bicyclic) bond motifs is 3. The number of allylic oxidation sites excluding steroid dienone is 1. The number of hydrogen-bond acceptors (Lipinski definition) is 8. The molecular weight excluding hydrogens is 614 g/mol. The van der Waals surface area contributed by atoms with E-state index in [1.54, 1.807) is 25.5 Å². The molecule has 0 amide bonds. The highest BCUT2D eigenvalue weighted by Crippen LogP contribution is 2.41. The number of aromatic nitrogens is 2. The second kappa shape index (κ2) is 13.4. The van der Waals surface area contributed by atoms with Crippen molar-refractivity contribution in [2.45, 2.75) is 53.1 Å². The molecular formula is C37H37N3O6S. The molecule has 1 atom stereocenters. The van der Waals surface area contributed by atoms with E-state index < -0.39 is 12.0 Å². The third kappa shape index (κ3) is 5.67. The quantitative estimate of drug-likeness (QED) is 0.183. The van der Waals surface area contributed by atoms with Crippen LogP contribution in [-0.4, -0.2) is 41.4 Å². The third-order valence-electron chi connectivity index (χ3n) is 8.46. The van der Waals surface area contributed by atoms with Gasteiger partial charge in [-0.15, -0.1) is 0 Å². The molecule has 0 aliphatic carbocycles. The molecule has 3 heterocycles. The molecule has 0 fully saturated rings. The van der Waals surface area contributed by atoms with Crippen molar-refractivity contribution in [3.63, 3.8) is 0 Å². The first-order chi connectivity index (χ1) is 22.8. The monoisotopic (exact) mass is 651 g/mol. The van der Waals surface area contributed by atoms with Gasteiger partial charge in [0, 0.05) is 27.7 Å². The lowest BCUT2D eigenvalue weighted by atomic mass is 9.90. The van der Waals surface area contributed by atoms with Crippen molar-refractivity contribution in [3.8, 4) is 5.75 Å². The predicted molar refractivity (Wildman–Crippen MR) is 183 cm³/mol. The molecule has 242 valence electrons. The normalized spacial score (nSPS) is 14.7. The van der Waals surface area contributed by atoms with Crippen LogP contribution in [0.4, 0.5) is 0 Å². The summed E-state index contributed by atoms with van der Waals surface area (Å²) < 4.78 is 20.7. The number of carbonyl (C=O) groups excluding carboxylic acids is 2. The third-order valence-corrected chi connectivity index (χ3v) is 9.45. The molecule has 5 aromatic rings. The average molecular weight is 652 g/mol. The minimum atomic E-state index is -0.832. The number of carbonyl (C=O) groups is 2. The maximum Gasteiger partial charge on any atom is 0.338 e. The van der Waals surface area contributed by atoms with Crippen LogP contribution < -0.4 is 19.6 Å². The fourth-order valence-corrected chi connectivity index (χ4v) is 7.44. The molecule has 0 saturated carbocycles. The Morgan fingerprint density at radius 3 is 2.40 bits per heavy atom. The summed E-state index contributed by atoms with van der Waals surface area (Å²) in [4.78, 5) is 46.4. The molecule has 1 aliphatic heterocycles. The van der Waals surface area contributed by atoms with Crippen LogP contribution in [-0.2, 0) is 25.6 Å². The maximum absolute atomic E-state index is 14.6. The predicted octanol–water partition coefficient (Wildman–Crippen LogP) is 5.57. The van der Waals surface area contributed by atoms with E-state index >= 15 is 0 Å². The maximum atomic E-state index is 14.6. The highest BCUT2D eigenvalue weighted by molar-refractivity contribution is 7.07. The lowest BCUT2D eigenvalue weighted by molar-refractivity contribution is -0.143. The van der Waals surface area contributed by atoms with Gasteiger partial charge in [0.25, 0.3) is 5.56 Å². The minimum Gasteiger partial charge on any atom is -0.496 e. The van der Waals surface area contributed by atoms with Gasteiger partial charge in [0.2, 0.25) is 0 Å². The van der Waals surface area contributed by atoms with E-state index in [4.69, 9.17) is 19.2 Å². The van der Waals surface area contributed by atoms with Crippen molar-refractivity contribution in [2.75, 3.05) is 20.3 Å². The smallest absolute Gasteiger partial charge is 0.338 e. The lowest BCUT2D eigenvalue weighted by Crippen LogP contribution is -2.40. The number of nitrogens with zero attached hydrogens (tertiary/aromatic N) is 3. The Hall–Kier alpha value is -4.96. The van der Waals surface area contributed by atoms with Gasteiger partial charge in [0.15, 0.2) is 4.80 Å². The Morgan fingerprint density at radius 1 is 0.957 bits per heavy atom. The van der Waals surface area contributed by atoms with Crippen molar-refractivity contribution in [2.24, 2.45) is 4.99 Å². The van der Waals surface area contributed by atoms with Crippen LogP contribution in [0.5, 0.6) is 5.75 Å². The van der Waals surface area contributed by atoms with Gasteiger partial charge in [-0.1, -0.05) is 73.2 Å². The first-order valence-corrected chi connectivity index (χ1v) is 16.6. The van der Waals surface area contributed by atoms with Gasteiger partial charge in [0.1, 0.15) is 18.3 Å². The fraction of sp³-hybridized carbons (Fsp3) is 0.297. The van der Waals surface area contributed by atoms with Crippen LogP contribution in [0.1, 0.15) is 56.5 Å². The Labute approximate surface area is 276 Å². The summed E-state index contributed by atoms with van der Waals surface area (Å²) in [5.74, 6) is -0.284. The summed E-state index contributed by atoms with van der Waals surface area (Å²) in [5.41, 5.74) is 3.87. The van der Waals surface area contributed by atoms with Crippen molar-refractivity contribution >= 4 is 51.0 Å². The van der Waals surface area contributed by atoms with Gasteiger partial charge in [-0.3, -0.25) is 14.2 Å². The lowest BCUT2D eigenvalue weighted by Gasteiger charge is -2.28. The van der Waals surface area contributed by atoms with E-state index in [0.717, 1.165) is 39.4 Å². The SMILES string of the molecule is CCCC1=C(C(=O)OCC)[C@@H](c2c(OC)ccc3ccccc23)n2c(s/c(=C\c3c(C)n(CC(=O)OCC)c4ccccc34)c2=O)=N1. The van der Waals surface area contributed by atoms with E-state index in [0.29, 0.717) is 44.9 Å². The topological polar surface area (TPSA) is 101 Å². The van der Waals surface area contributed by atoms with Crippen LogP contribution in [0.2, 0.25) is 0 Å². The summed E-state index contributed by atoms with van der Waals surface area (Å²) in [5, 5.41) is 2.72. The van der Waals surface area contributed by atoms with Gasteiger partial charge < -0.3 is 18.8 Å². The molecule has 6 rings (SSSR count). The number of thiazole rings is 1. The number of benzene rings is 3. The molecule has 1 aliphatic rings. The largest absolute Gasteiger partial charge is 0.496 e. The summed E-state index contributed by atoms with van der Waals surface area (Å²) in [6.45, 7) is 8.04. The van der Waals surface area contributed by atoms with Gasteiger partial charge in [-0.25, -0.2) is 9.79 Å². The van der Waals surface area contributed by atoms with Gasteiger partial charge in [-0.2, -0.15) is 0 Å². The van der Waals surface area contributed by atoms with Crippen molar-refractivity contribution in [3.05, 3.63) is 108 Å². The molecule has 2 aromatic heterocycles. The number of para-hydroxylation sites is 1. The summed E-state index contributed by atoms with van der Waals surface area (Å²) in [6, 6.07) is 18.7. The van der Waals surface area contributed by atoms with E-state index in [-0.39, 0.29) is 24.7 Å². The average Bonchev–Trinajstić information content (AvgIpc) is 3.52. The number of ether oxygens (including phenoxy) is 3. The van der Waals surface area contributed by atoms with Crippen LogP contribution in [0.25, 0.3) is 27.8 Å². The number of methoxy groups -OCH3 is 1. The van der Waals surface area contributed by atoms with Crippen molar-refractivity contribution in [1.29, 1.82) is 0 Å². The van der Waals surface area contributed by atoms with Crippen LogP contribution in [0.15, 0.2) is 81.7 Å². The van der Waals surface area contributed by atoms with E-state index in [9.17, 15) is 14.4 Å². The van der Waals surface area contributed by atoms with Crippen LogP contribution in [0.3, 0.4) is 0 Å². The zero-order chi connectivity index (χ0) is 33.2. The fourth-order valence-electron chi connectivity index (χ4n) is 6.44. The molecule has 3 aromatic carbocycles. The molecule has 9 nitrogen and oxygen atoms in total. The van der Waals surface area contributed by atoms with Crippen LogP contribution >= 0.6 is 11.3 Å². The summed E-state index contributed by atoms with van der Waals surface area (Å²) in [6.07, 6.45) is 3.15. The van der Waals surface area contributed by atoms with E-state index in [2.05, 4.69) is 0 Å². The molecule has 0 N–H and O–H groups in total. The van der Waals surface area contributed by atoms with Gasteiger partial charge in [-0.05, 0) is 56.2 Å². The number of esters is 2. The second-order valence-corrected chi connectivity index (χ2v) is 12.2. The first-order valence-electron chi connectivity index (χ1n) is 15.8. The zero-order valence-corrected chi connectivity index (χ0v) is 28.0. The second-order valence-electron chi connectivity index (χ2n) is 11.2. The molecule has 0 bridgehead atoms. The number of hydrogen-bond donors (Lipinski definition) is 0. The minimum absolute atomic E-state index is 0.0550. The highest BCUT2D eigenvalue weighted by Gasteiger charge is 2.37. The van der Waals surface area contributed by atoms with Crippen molar-refractivity contribution < 1.29 is 23.8 Å². The standard InChI is InChI=1S/C37H37N3O6S/c1-6-13-27-33(36(43)46-8-3)34(32-24-15-10-9-14-23(24)18-19-29(32)44-5)40-35(42)30(47-37(40)38-27)20-26-22(4)39(21-31(41)45-7-2)28-17-12-11-16-25(26)28/h9-12,14-20,34H,6-8,13,21H2,1-5H3/b30-20-/t34-/m1/s1. The summed E-state index contributed by atoms with van der Waals surface area (Å²) >= 11 is 1.28. The van der Waals surface area contributed by atoms with Gasteiger partial charge >= 0.3 is 11.9 Å². The molecule has 0 spiro atoms. The van der Waals surface area contributed by atoms with Crippen LogP contribution in [0, 0.1) is 6.92 Å². The van der Waals surface area contributed by atoms with E-state index in [1.807, 2.05) is 85.2 Å². The van der Waals surface area contributed by atoms with Gasteiger partial charge in [0.05, 0.1) is 36.1 Å². The molecule has 0 unspecified atom stereocenters. The van der Waals surface area contributed by atoms with Crippen molar-refractivity contribution in [1.82, 2.24) is 9.13 Å². The molecule has 10 heteroatoms. The molecule has 0 radical (unpaired) electrons. The first kappa shape index (κ1) is 32.0. The number of rotatable bonds is 10. The Kier molecular flexibility index (Phi) is 9.13. The van der Waals surface area contributed by atoms with E-state index in [1.165, 1.54) is 11.3 Å². The molecule has 0 saturated heterocycles. The Morgan fingerprint density at radius 2 is 1.68 bits per heavy atom. The highest BCUT2D eigenvalue weighted by atomic mass is 32.1. The zero-order valence-electron chi connectivity index (χ0n) is 27.2. The summed E-state index contributed by atoms with van der Waals surface area (Å²) in [7, 11) is 1.59. The Bertz CT molecular complexity index is 2240.